The highest BCUT2D eigenvalue weighted by molar-refractivity contribution is 6.90. The Morgan fingerprint density at radius 2 is 1.48 bits per heavy atom. The number of aromatic nitrogens is 3. The van der Waals surface area contributed by atoms with Gasteiger partial charge in [-0.05, 0) is 147 Å². The average molecular weight is 1310 g/mol. The molecule has 94 heavy (non-hydrogen) atoms. The lowest BCUT2D eigenvalue weighted by molar-refractivity contribution is -0.120. The second-order valence-corrected chi connectivity index (χ2v) is 35.9. The van der Waals surface area contributed by atoms with Crippen LogP contribution in [-0.2, 0) is 20.7 Å². The lowest BCUT2D eigenvalue weighted by Gasteiger charge is -2.47. The Morgan fingerprint density at radius 3 is 2.11 bits per heavy atom. The number of hydrogen-bond acceptors (Lipinski definition) is 14. The summed E-state index contributed by atoms with van der Waals surface area (Å²) in [5.74, 6) is 4.43. The number of rotatable bonds is 17. The summed E-state index contributed by atoms with van der Waals surface area (Å²) in [7, 11) is 0.707. The monoisotopic (exact) mass is 1310 g/mol. The highest BCUT2D eigenvalue weighted by Gasteiger charge is 2.47. The number of hydrogen-bond donors (Lipinski definition) is 1. The molecule has 0 radical (unpaired) electrons. The number of urea groups is 1. The van der Waals surface area contributed by atoms with Gasteiger partial charge in [0.25, 0.3) is 5.91 Å². The number of piperidine rings is 1. The average Bonchev–Trinajstić information content (AvgIpc) is 0.925. The first kappa shape index (κ1) is 68.4. The first-order chi connectivity index (χ1) is 44.7. The first-order valence-electron chi connectivity index (χ1n) is 34.3. The Bertz CT molecular complexity index is 3690. The fourth-order valence-corrected chi connectivity index (χ4v) is 21.8. The number of ether oxygens (including phenoxy) is 4. The van der Waals surface area contributed by atoms with E-state index in [2.05, 4.69) is 86.9 Å². The van der Waals surface area contributed by atoms with Gasteiger partial charge in [0.05, 0.1) is 35.8 Å². The van der Waals surface area contributed by atoms with E-state index < -0.39 is 31.3 Å². The van der Waals surface area contributed by atoms with Crippen LogP contribution in [0.15, 0.2) is 48.7 Å². The van der Waals surface area contributed by atoms with Gasteiger partial charge in [-0.1, -0.05) is 67.4 Å². The van der Waals surface area contributed by atoms with Crippen LogP contribution in [0.1, 0.15) is 156 Å². The smallest absolute Gasteiger partial charge is 0.410 e. The summed E-state index contributed by atoms with van der Waals surface area (Å²) in [6.45, 7) is 31.6. The lowest BCUT2D eigenvalue weighted by Crippen LogP contribution is -2.57. The number of carbonyl (C=O) groups excluding carboxylic acids is 4. The Labute approximate surface area is 555 Å². The number of piperazine rings is 2. The van der Waals surface area contributed by atoms with Gasteiger partial charge in [-0.3, -0.25) is 29.7 Å². The van der Waals surface area contributed by atoms with Crippen molar-refractivity contribution in [2.45, 2.75) is 175 Å². The minimum Gasteiger partial charge on any atom is -0.495 e. The maximum absolute atomic E-state index is 18.4. The lowest BCUT2D eigenvalue weighted by atomic mass is 9.65. The second-order valence-electron chi connectivity index (χ2n) is 30.3. The van der Waals surface area contributed by atoms with Crippen molar-refractivity contribution in [2.24, 2.45) is 16.7 Å². The summed E-state index contributed by atoms with van der Waals surface area (Å²) < 4.78 is 57.9. The Balaban J connectivity index is 0.799. The predicted molar refractivity (Wildman–Crippen MR) is 366 cm³/mol. The fourth-order valence-electron chi connectivity index (χ4n) is 16.6. The van der Waals surface area contributed by atoms with E-state index in [0.717, 1.165) is 77.8 Å². The summed E-state index contributed by atoms with van der Waals surface area (Å²) >= 11 is 0. The molecule has 1 spiro atoms. The number of nitrogens with zero attached hydrogens (tertiary/aromatic N) is 9. The van der Waals surface area contributed by atoms with Gasteiger partial charge in [0.15, 0.2) is 12.6 Å². The largest absolute Gasteiger partial charge is 0.495 e. The van der Waals surface area contributed by atoms with E-state index in [1.54, 1.807) is 36.5 Å². The highest BCUT2D eigenvalue weighted by atomic mass is 28.3. The molecule has 6 fully saturated rings. The van der Waals surface area contributed by atoms with Crippen LogP contribution >= 0.6 is 0 Å². The van der Waals surface area contributed by atoms with E-state index in [1.807, 2.05) is 36.6 Å². The molecular formula is C73H98F2N10O8Si. The molecule has 5 aliphatic heterocycles. The van der Waals surface area contributed by atoms with E-state index >= 15 is 8.78 Å². The molecule has 2 unspecified atom stereocenters. The molecule has 2 bridgehead atoms. The van der Waals surface area contributed by atoms with Gasteiger partial charge in [-0.2, -0.15) is 0 Å². The molecule has 2 atom stereocenters. The Kier molecular flexibility index (Phi) is 20.1. The zero-order valence-electron chi connectivity index (χ0n) is 57.7. The molecule has 18 nitrogen and oxygen atoms in total. The van der Waals surface area contributed by atoms with Crippen LogP contribution in [0.5, 0.6) is 11.5 Å². The summed E-state index contributed by atoms with van der Waals surface area (Å²) in [4.78, 5) is 80.4. The summed E-state index contributed by atoms with van der Waals surface area (Å²) in [6, 6.07) is 11.0. The van der Waals surface area contributed by atoms with E-state index in [0.29, 0.717) is 111 Å². The predicted octanol–water partition coefficient (Wildman–Crippen LogP) is 13.0. The zero-order valence-corrected chi connectivity index (χ0v) is 58.7. The highest BCUT2D eigenvalue weighted by Crippen LogP contribution is 2.48. The number of benzene rings is 3. The quantitative estimate of drug-likeness (QED) is 0.0529. The third-order valence-corrected chi connectivity index (χ3v) is 27.6. The number of carbonyl (C=O) groups is 4. The summed E-state index contributed by atoms with van der Waals surface area (Å²) in [5.41, 5.74) is 5.49. The summed E-state index contributed by atoms with van der Waals surface area (Å²) in [5, 5.41) is 3.88. The topological polar surface area (TPSA) is 175 Å². The number of imide groups is 1. The maximum atomic E-state index is 18.4. The van der Waals surface area contributed by atoms with Gasteiger partial charge >= 0.3 is 12.1 Å². The van der Waals surface area contributed by atoms with Crippen LogP contribution in [0, 0.1) is 39.8 Å². The molecule has 5 aromatic rings. The van der Waals surface area contributed by atoms with Crippen molar-refractivity contribution < 1.29 is 46.9 Å². The van der Waals surface area contributed by atoms with Crippen LogP contribution in [-0.4, -0.2) is 177 Å². The minimum absolute atomic E-state index is 0.00587. The van der Waals surface area contributed by atoms with E-state index in [9.17, 15) is 19.2 Å². The first-order valence-corrected chi connectivity index (χ1v) is 36.5. The molecule has 5 saturated heterocycles. The molecule has 11 rings (SSSR count). The van der Waals surface area contributed by atoms with E-state index in [4.69, 9.17) is 33.9 Å². The number of pyridine rings is 1. The van der Waals surface area contributed by atoms with E-state index in [-0.39, 0.29) is 77.4 Å². The Hall–Kier alpha value is -6.99. The number of likely N-dealkylation sites (tertiary alicyclic amines) is 1. The number of methoxy groups -OCH3 is 2. The van der Waals surface area contributed by atoms with Crippen molar-refractivity contribution in [3.8, 4) is 34.2 Å². The van der Waals surface area contributed by atoms with Crippen molar-refractivity contribution in [3.05, 3.63) is 77.2 Å². The molecule has 1 N–H and O–H groups in total. The van der Waals surface area contributed by atoms with Crippen molar-refractivity contribution in [2.75, 3.05) is 103 Å². The van der Waals surface area contributed by atoms with E-state index in [1.165, 1.54) is 38.0 Å². The molecule has 506 valence electrons. The summed E-state index contributed by atoms with van der Waals surface area (Å²) in [6.07, 6.45) is 10.2. The van der Waals surface area contributed by atoms with Gasteiger partial charge in [-0.15, -0.1) is 5.54 Å². The van der Waals surface area contributed by atoms with Crippen molar-refractivity contribution in [3.63, 3.8) is 0 Å². The molecule has 2 aromatic heterocycles. The molecule has 6 aliphatic rings. The second kappa shape index (κ2) is 27.6. The van der Waals surface area contributed by atoms with Gasteiger partial charge in [0.2, 0.25) is 5.91 Å². The minimum atomic E-state index is -2.35. The molecule has 3 aromatic carbocycles. The molecular weight excluding hydrogens is 1210 g/mol. The van der Waals surface area contributed by atoms with Crippen LogP contribution in [0.3, 0.4) is 0 Å². The molecule has 5 amide bonds. The third-order valence-electron chi connectivity index (χ3n) is 21.3. The number of anilines is 2. The molecule has 21 heteroatoms. The molecule has 1 aliphatic carbocycles. The van der Waals surface area contributed by atoms with Crippen LogP contribution < -0.4 is 24.6 Å². The van der Waals surface area contributed by atoms with Crippen molar-refractivity contribution >= 4 is 65.2 Å². The van der Waals surface area contributed by atoms with Gasteiger partial charge in [-0.25, -0.2) is 28.3 Å². The van der Waals surface area contributed by atoms with Gasteiger partial charge in [0.1, 0.15) is 53.8 Å². The van der Waals surface area contributed by atoms with Gasteiger partial charge < -0.3 is 38.5 Å². The SMILES string of the molecule is COCOc1cc(-c2ncc3c(N4CC5CCC(C4)N5C(=O)OC(C)(C)C)nc(CC(C)(C)CN4CCN(CC5CCC6(CC5)CCN(C(=O)c5ccc(OC)c(N7CCC(=O)NC7=O)c5)CC6)CC4)nc3c2F)c2c(C#C[Si](C(C)C)(C(C)C)C(C)C)c(F)ccc2c1. The number of halogens is 2. The molecule has 7 heterocycles. The maximum Gasteiger partial charge on any atom is 0.410 e. The van der Waals surface area contributed by atoms with Crippen molar-refractivity contribution in [1.82, 2.24) is 39.9 Å². The van der Waals surface area contributed by atoms with Gasteiger partial charge in [0, 0.05) is 115 Å². The van der Waals surface area contributed by atoms with Crippen LogP contribution in [0.25, 0.3) is 32.9 Å². The Morgan fingerprint density at radius 1 is 0.809 bits per heavy atom. The number of amides is 5. The third kappa shape index (κ3) is 14.3. The zero-order chi connectivity index (χ0) is 67.2. The number of nitrogens with one attached hydrogen (secondary N) is 1. The standard InChI is InChI=1S/C73H98F2N10O8Si/c1-46(2)94(47(3)4,48(5)6)35-23-55-58(74)18-14-50-36-54(92-45-90-12)38-56(63(50)55)65-64(75)66-57(40-76-65)67(83-42-52-16-17-53(43-83)85(52)70(89)93-71(7,8)9)78-61(77-66)39-72(10,11)44-81-33-31-80(32-34-81)41-49-20-24-73(25-21-49)26-29-82(30-27-73)68(87)51-15-19-60(91-13)59(37-51)84-28-22-62(86)79-69(84)88/h14-15,18-19,36-38,40,46-49,52-53H,16-17,20-22,24-34,39,41-45H2,1-13H3,(H,79,86,88). The number of fused-ring (bicyclic) bond motifs is 4. The normalized spacial score (nSPS) is 20.2. The molecule has 1 saturated carbocycles. The van der Waals surface area contributed by atoms with Crippen molar-refractivity contribution in [1.29, 1.82) is 0 Å². The fraction of sp³-hybridized carbons (Fsp3) is 0.603. The van der Waals surface area contributed by atoms with Crippen LogP contribution in [0.4, 0.5) is 29.9 Å². The van der Waals surface area contributed by atoms with Crippen LogP contribution in [0.2, 0.25) is 16.6 Å².